The van der Waals surface area contributed by atoms with Crippen LogP contribution in [-0.4, -0.2) is 51.5 Å². The molecule has 1 aliphatic heterocycles. The van der Waals surface area contributed by atoms with Gasteiger partial charge in [0.1, 0.15) is 5.01 Å². The van der Waals surface area contributed by atoms with Gasteiger partial charge in [-0.1, -0.05) is 30.6 Å². The molecule has 31 heavy (non-hydrogen) atoms. The van der Waals surface area contributed by atoms with Crippen molar-refractivity contribution in [2.45, 2.75) is 64.7 Å². The van der Waals surface area contributed by atoms with Gasteiger partial charge in [0.25, 0.3) is 0 Å². The van der Waals surface area contributed by atoms with Crippen LogP contribution in [0.15, 0.2) is 0 Å². The summed E-state index contributed by atoms with van der Waals surface area (Å²) in [7, 11) is 0. The average molecular weight is 463 g/mol. The molecule has 0 radical (unpaired) electrons. The number of hydrogen-bond acceptors (Lipinski definition) is 8. The van der Waals surface area contributed by atoms with Crippen molar-refractivity contribution < 1.29 is 9.59 Å². The van der Waals surface area contributed by atoms with Crippen molar-refractivity contribution >= 4 is 44.8 Å². The Morgan fingerprint density at radius 1 is 1.00 bits per heavy atom. The number of anilines is 2. The van der Waals surface area contributed by atoms with Gasteiger partial charge in [-0.15, -0.1) is 21.5 Å². The summed E-state index contributed by atoms with van der Waals surface area (Å²) in [5.74, 6) is 0.234. The summed E-state index contributed by atoms with van der Waals surface area (Å²) in [5.41, 5.74) is 0.943. The highest BCUT2D eigenvalue weighted by Gasteiger charge is 2.28. The Morgan fingerprint density at radius 3 is 2.55 bits per heavy atom. The van der Waals surface area contributed by atoms with E-state index in [1.807, 2.05) is 18.7 Å². The summed E-state index contributed by atoms with van der Waals surface area (Å²) in [4.78, 5) is 32.7. The Balaban J connectivity index is 1.27. The SMILES string of the molecule is Cc1nc(NC(=O)CN2CCCC(C(=O)Nc3nnc(C4CCCCC4)s3)C2)sc1C. The van der Waals surface area contributed by atoms with Crippen molar-refractivity contribution in [3.05, 3.63) is 15.6 Å². The van der Waals surface area contributed by atoms with Gasteiger partial charge in [-0.3, -0.25) is 14.5 Å². The first-order chi connectivity index (χ1) is 15.0. The van der Waals surface area contributed by atoms with Gasteiger partial charge in [0.05, 0.1) is 18.2 Å². The van der Waals surface area contributed by atoms with E-state index in [9.17, 15) is 9.59 Å². The van der Waals surface area contributed by atoms with Crippen molar-refractivity contribution in [1.82, 2.24) is 20.1 Å². The average Bonchev–Trinajstić information content (AvgIpc) is 3.35. The molecule has 168 valence electrons. The zero-order valence-electron chi connectivity index (χ0n) is 18.1. The molecule has 1 saturated carbocycles. The number of hydrogen-bond donors (Lipinski definition) is 2. The number of amides is 2. The molecule has 10 heteroatoms. The highest BCUT2D eigenvalue weighted by Crippen LogP contribution is 2.35. The maximum absolute atomic E-state index is 12.8. The second-order valence-electron chi connectivity index (χ2n) is 8.55. The molecule has 2 aromatic rings. The van der Waals surface area contributed by atoms with E-state index in [0.717, 1.165) is 35.0 Å². The van der Waals surface area contributed by atoms with E-state index in [2.05, 4.69) is 25.8 Å². The second-order valence-corrected chi connectivity index (χ2v) is 10.8. The maximum Gasteiger partial charge on any atom is 0.240 e. The van der Waals surface area contributed by atoms with Gasteiger partial charge in [0.15, 0.2) is 5.13 Å². The molecule has 2 N–H and O–H groups in total. The van der Waals surface area contributed by atoms with Crippen LogP contribution in [0.3, 0.4) is 0 Å². The molecule has 2 aliphatic rings. The van der Waals surface area contributed by atoms with Crippen LogP contribution in [0.1, 0.15) is 66.4 Å². The van der Waals surface area contributed by atoms with E-state index >= 15 is 0 Å². The minimum absolute atomic E-state index is 0.0253. The number of aryl methyl sites for hydroxylation is 2. The number of nitrogens with one attached hydrogen (secondary N) is 2. The Bertz CT molecular complexity index is 901. The van der Waals surface area contributed by atoms with Crippen LogP contribution in [-0.2, 0) is 9.59 Å². The highest BCUT2D eigenvalue weighted by atomic mass is 32.1. The van der Waals surface area contributed by atoms with Crippen molar-refractivity contribution in [3.63, 3.8) is 0 Å². The quantitative estimate of drug-likeness (QED) is 0.674. The number of aromatic nitrogens is 3. The fourth-order valence-corrected chi connectivity index (χ4v) is 6.05. The number of nitrogens with zero attached hydrogens (tertiary/aromatic N) is 4. The number of carbonyl (C=O) groups excluding carboxylic acids is 2. The monoisotopic (exact) mass is 462 g/mol. The predicted molar refractivity (Wildman–Crippen MR) is 124 cm³/mol. The number of thiazole rings is 1. The molecular formula is C21H30N6O2S2. The van der Waals surface area contributed by atoms with Gasteiger partial charge < -0.3 is 10.6 Å². The lowest BCUT2D eigenvalue weighted by molar-refractivity contribution is -0.123. The Kier molecular flexibility index (Phi) is 7.29. The topological polar surface area (TPSA) is 100 Å². The minimum atomic E-state index is -0.145. The summed E-state index contributed by atoms with van der Waals surface area (Å²) in [6, 6.07) is 0. The predicted octanol–water partition coefficient (Wildman–Crippen LogP) is 3.95. The molecule has 8 nitrogen and oxygen atoms in total. The van der Waals surface area contributed by atoms with E-state index in [4.69, 9.17) is 0 Å². The van der Waals surface area contributed by atoms with Crippen molar-refractivity contribution in [3.8, 4) is 0 Å². The van der Waals surface area contributed by atoms with E-state index in [-0.39, 0.29) is 24.3 Å². The lowest BCUT2D eigenvalue weighted by atomic mass is 9.90. The zero-order valence-corrected chi connectivity index (χ0v) is 19.8. The Morgan fingerprint density at radius 2 is 1.81 bits per heavy atom. The van der Waals surface area contributed by atoms with E-state index in [1.165, 1.54) is 54.8 Å². The maximum atomic E-state index is 12.8. The molecule has 0 aromatic carbocycles. The van der Waals surface area contributed by atoms with Gasteiger partial charge >= 0.3 is 0 Å². The Hall–Kier alpha value is -1.91. The zero-order chi connectivity index (χ0) is 21.8. The van der Waals surface area contributed by atoms with Crippen LogP contribution in [0.5, 0.6) is 0 Å². The van der Waals surface area contributed by atoms with Crippen LogP contribution >= 0.6 is 22.7 Å². The van der Waals surface area contributed by atoms with Crippen LogP contribution < -0.4 is 10.6 Å². The number of rotatable bonds is 6. The van der Waals surface area contributed by atoms with Crippen molar-refractivity contribution in [2.24, 2.45) is 5.92 Å². The minimum Gasteiger partial charge on any atom is -0.301 e. The molecule has 1 atom stereocenters. The molecule has 4 rings (SSSR count). The van der Waals surface area contributed by atoms with Gasteiger partial charge in [-0.2, -0.15) is 0 Å². The summed E-state index contributed by atoms with van der Waals surface area (Å²) >= 11 is 3.00. The summed E-state index contributed by atoms with van der Waals surface area (Å²) in [6.45, 7) is 5.59. The summed E-state index contributed by atoms with van der Waals surface area (Å²) in [6.07, 6.45) is 7.86. The molecule has 3 heterocycles. The molecule has 2 aromatic heterocycles. The second kappa shape index (κ2) is 10.1. The largest absolute Gasteiger partial charge is 0.301 e. The van der Waals surface area contributed by atoms with Gasteiger partial charge in [0.2, 0.25) is 16.9 Å². The molecule has 1 aliphatic carbocycles. The smallest absolute Gasteiger partial charge is 0.240 e. The molecule has 1 saturated heterocycles. The van der Waals surface area contributed by atoms with Gasteiger partial charge in [-0.25, -0.2) is 4.98 Å². The summed E-state index contributed by atoms with van der Waals surface area (Å²) in [5, 5.41) is 16.6. The lowest BCUT2D eigenvalue weighted by Crippen LogP contribution is -2.43. The number of piperidine rings is 1. The van der Waals surface area contributed by atoms with Crippen LogP contribution in [0.4, 0.5) is 10.3 Å². The van der Waals surface area contributed by atoms with Crippen LogP contribution in [0, 0.1) is 19.8 Å². The first kappa shape index (κ1) is 22.3. The normalized spacial score (nSPS) is 20.5. The first-order valence-corrected chi connectivity index (χ1v) is 12.7. The van der Waals surface area contributed by atoms with Crippen LogP contribution in [0.2, 0.25) is 0 Å². The van der Waals surface area contributed by atoms with Gasteiger partial charge in [-0.05, 0) is 46.1 Å². The molecule has 0 spiro atoms. The molecule has 0 bridgehead atoms. The third-order valence-electron chi connectivity index (χ3n) is 6.14. The first-order valence-electron chi connectivity index (χ1n) is 11.1. The fourth-order valence-electron chi connectivity index (χ4n) is 4.31. The number of carbonyl (C=O) groups is 2. The van der Waals surface area contributed by atoms with Crippen molar-refractivity contribution in [1.29, 1.82) is 0 Å². The van der Waals surface area contributed by atoms with E-state index in [1.54, 1.807) is 0 Å². The molecular weight excluding hydrogens is 432 g/mol. The lowest BCUT2D eigenvalue weighted by Gasteiger charge is -2.31. The standard InChI is InChI=1S/C21H30N6O2S2/c1-13-14(2)30-20(22-13)23-17(28)12-27-10-6-9-16(11-27)18(29)24-21-26-25-19(31-21)15-7-4-3-5-8-15/h15-16H,3-12H2,1-2H3,(H,22,23,28)(H,24,26,29). The third kappa shape index (κ3) is 5.87. The van der Waals surface area contributed by atoms with Crippen molar-refractivity contribution in [2.75, 3.05) is 30.3 Å². The number of likely N-dealkylation sites (tertiary alicyclic amines) is 1. The third-order valence-corrected chi connectivity index (χ3v) is 8.13. The van der Waals surface area contributed by atoms with Gasteiger partial charge in [0, 0.05) is 17.3 Å². The van der Waals surface area contributed by atoms with E-state index in [0.29, 0.717) is 22.7 Å². The Labute approximate surface area is 190 Å². The fraction of sp³-hybridized carbons (Fsp3) is 0.667. The van der Waals surface area contributed by atoms with Crippen LogP contribution in [0.25, 0.3) is 0 Å². The molecule has 1 unspecified atom stereocenters. The summed E-state index contributed by atoms with van der Waals surface area (Å²) < 4.78 is 0. The molecule has 2 amide bonds. The van der Waals surface area contributed by atoms with E-state index < -0.39 is 0 Å². The highest BCUT2D eigenvalue weighted by molar-refractivity contribution is 7.16. The molecule has 2 fully saturated rings.